The Morgan fingerprint density at radius 3 is 2.55 bits per heavy atom. The van der Waals surface area contributed by atoms with Crippen LogP contribution in [-0.2, 0) is 14.8 Å². The van der Waals surface area contributed by atoms with Crippen molar-refractivity contribution >= 4 is 33.2 Å². The van der Waals surface area contributed by atoms with Gasteiger partial charge in [0.25, 0.3) is 15.9 Å². The summed E-state index contributed by atoms with van der Waals surface area (Å²) in [4.78, 5) is 14.6. The van der Waals surface area contributed by atoms with Crippen LogP contribution in [0.25, 0.3) is 0 Å². The fourth-order valence-electron chi connectivity index (χ4n) is 3.15. The van der Waals surface area contributed by atoms with E-state index >= 15 is 0 Å². The van der Waals surface area contributed by atoms with E-state index in [1.54, 1.807) is 24.3 Å². The van der Waals surface area contributed by atoms with Gasteiger partial charge in [-0.1, -0.05) is 11.6 Å². The highest BCUT2D eigenvalue weighted by molar-refractivity contribution is 7.92. The Kier molecular flexibility index (Phi) is 8.14. The topological polar surface area (TPSA) is 97.0 Å². The maximum absolute atomic E-state index is 12.8. The Bertz CT molecular complexity index is 993. The second-order valence-corrected chi connectivity index (χ2v) is 9.10. The molecule has 0 unspecified atom stereocenters. The van der Waals surface area contributed by atoms with Crippen LogP contribution in [0, 0.1) is 0 Å². The Balaban J connectivity index is 1.61. The predicted molar refractivity (Wildman–Crippen MR) is 119 cm³/mol. The van der Waals surface area contributed by atoms with E-state index in [4.69, 9.17) is 21.1 Å². The zero-order valence-corrected chi connectivity index (χ0v) is 18.8. The number of halogens is 1. The van der Waals surface area contributed by atoms with Crippen LogP contribution in [0.15, 0.2) is 47.4 Å². The van der Waals surface area contributed by atoms with Gasteiger partial charge in [-0.3, -0.25) is 14.4 Å². The highest BCUT2D eigenvalue weighted by atomic mass is 35.5. The van der Waals surface area contributed by atoms with Gasteiger partial charge in [0.1, 0.15) is 10.6 Å². The van der Waals surface area contributed by atoms with Gasteiger partial charge in [0, 0.05) is 30.9 Å². The molecule has 31 heavy (non-hydrogen) atoms. The molecule has 1 aliphatic heterocycles. The number of anilines is 1. The molecule has 0 atom stereocenters. The lowest BCUT2D eigenvalue weighted by atomic mass is 10.2. The first kappa shape index (κ1) is 23.3. The summed E-state index contributed by atoms with van der Waals surface area (Å²) < 4.78 is 38.5. The molecule has 1 amide bonds. The number of ether oxygens (including phenoxy) is 2. The summed E-state index contributed by atoms with van der Waals surface area (Å²) in [5, 5.41) is 2.86. The van der Waals surface area contributed by atoms with E-state index in [0.717, 1.165) is 39.3 Å². The van der Waals surface area contributed by atoms with Crippen LogP contribution in [0.3, 0.4) is 0 Å². The molecular weight excluding hydrogens is 442 g/mol. The summed E-state index contributed by atoms with van der Waals surface area (Å²) in [6, 6.07) is 10.6. The van der Waals surface area contributed by atoms with Gasteiger partial charge in [-0.05, 0) is 55.4 Å². The van der Waals surface area contributed by atoms with Gasteiger partial charge in [-0.2, -0.15) is 0 Å². The molecule has 0 saturated carbocycles. The monoisotopic (exact) mass is 467 g/mol. The minimum atomic E-state index is -3.98. The van der Waals surface area contributed by atoms with Crippen LogP contribution < -0.4 is 14.8 Å². The predicted octanol–water partition coefficient (Wildman–Crippen LogP) is 2.60. The van der Waals surface area contributed by atoms with Gasteiger partial charge >= 0.3 is 0 Å². The average Bonchev–Trinajstić information content (AvgIpc) is 2.77. The van der Waals surface area contributed by atoms with Gasteiger partial charge in [-0.15, -0.1) is 0 Å². The molecule has 2 N–H and O–H groups in total. The quantitative estimate of drug-likeness (QED) is 0.550. The van der Waals surface area contributed by atoms with E-state index < -0.39 is 10.0 Å². The molecule has 1 saturated heterocycles. The molecule has 1 fully saturated rings. The van der Waals surface area contributed by atoms with Gasteiger partial charge < -0.3 is 14.8 Å². The Morgan fingerprint density at radius 2 is 1.87 bits per heavy atom. The molecule has 0 spiro atoms. The van der Waals surface area contributed by atoms with Crippen LogP contribution in [0.1, 0.15) is 16.8 Å². The van der Waals surface area contributed by atoms with E-state index in [1.807, 2.05) is 0 Å². The van der Waals surface area contributed by atoms with Crippen LogP contribution in [0.2, 0.25) is 5.02 Å². The van der Waals surface area contributed by atoms with Crippen LogP contribution in [0.4, 0.5) is 5.69 Å². The average molecular weight is 468 g/mol. The number of hydrogen-bond donors (Lipinski definition) is 2. The largest absolute Gasteiger partial charge is 0.497 e. The first-order valence-corrected chi connectivity index (χ1v) is 11.8. The summed E-state index contributed by atoms with van der Waals surface area (Å²) in [5.41, 5.74) is 0.584. The van der Waals surface area contributed by atoms with Crippen molar-refractivity contribution in [1.29, 1.82) is 0 Å². The zero-order valence-electron chi connectivity index (χ0n) is 17.3. The Hall–Kier alpha value is -2.33. The maximum Gasteiger partial charge on any atom is 0.263 e. The Morgan fingerprint density at radius 1 is 1.16 bits per heavy atom. The molecule has 168 valence electrons. The number of sulfonamides is 1. The van der Waals surface area contributed by atoms with Gasteiger partial charge in [-0.25, -0.2) is 8.42 Å². The molecule has 3 rings (SSSR count). The zero-order chi connectivity index (χ0) is 22.3. The molecule has 8 nitrogen and oxygen atoms in total. The van der Waals surface area contributed by atoms with Crippen LogP contribution >= 0.6 is 11.6 Å². The van der Waals surface area contributed by atoms with Gasteiger partial charge in [0.15, 0.2) is 0 Å². The van der Waals surface area contributed by atoms with Crippen molar-refractivity contribution in [3.63, 3.8) is 0 Å². The third kappa shape index (κ3) is 6.57. The summed E-state index contributed by atoms with van der Waals surface area (Å²) in [7, 11) is -2.45. The second-order valence-electron chi connectivity index (χ2n) is 7.04. The van der Waals surface area contributed by atoms with Crippen molar-refractivity contribution in [3.05, 3.63) is 53.1 Å². The van der Waals surface area contributed by atoms with Crippen molar-refractivity contribution < 1.29 is 22.7 Å². The molecular formula is C21H26ClN3O5S. The molecule has 2 aromatic rings. The molecule has 0 aromatic heterocycles. The summed E-state index contributed by atoms with van der Waals surface area (Å²) in [6.45, 7) is 4.62. The number of methoxy groups -OCH3 is 1. The van der Waals surface area contributed by atoms with E-state index in [1.165, 1.54) is 25.3 Å². The number of morpholine rings is 1. The third-order valence-corrected chi connectivity index (χ3v) is 6.73. The highest BCUT2D eigenvalue weighted by Gasteiger charge is 2.20. The SMILES string of the molecule is COc1ccc(NS(=O)(=O)c2cc(C(=O)NCCCN3CCOCC3)ccc2Cl)cc1. The first-order valence-electron chi connectivity index (χ1n) is 9.94. The number of nitrogens with zero attached hydrogens (tertiary/aromatic N) is 1. The molecule has 0 bridgehead atoms. The summed E-state index contributed by atoms with van der Waals surface area (Å²) in [6.07, 6.45) is 0.795. The molecule has 10 heteroatoms. The van der Waals surface area contributed by atoms with Crippen LogP contribution in [-0.4, -0.2) is 65.7 Å². The number of benzene rings is 2. The standard InChI is InChI=1S/C21H26ClN3O5S/c1-29-18-6-4-17(5-7-18)24-31(27,28)20-15-16(3-8-19(20)22)21(26)23-9-2-10-25-11-13-30-14-12-25/h3-8,15,24H,2,9-14H2,1H3,(H,23,26). The summed E-state index contributed by atoms with van der Waals surface area (Å²) in [5.74, 6) is 0.257. The minimum Gasteiger partial charge on any atom is -0.497 e. The van der Waals surface area contributed by atoms with E-state index in [0.29, 0.717) is 18.0 Å². The third-order valence-electron chi connectivity index (χ3n) is 4.87. The van der Waals surface area contributed by atoms with E-state index in [-0.39, 0.29) is 21.4 Å². The maximum atomic E-state index is 12.8. The number of nitrogens with one attached hydrogen (secondary N) is 2. The lowest BCUT2D eigenvalue weighted by molar-refractivity contribution is 0.0374. The smallest absolute Gasteiger partial charge is 0.263 e. The number of carbonyl (C=O) groups excluding carboxylic acids is 1. The van der Waals surface area contributed by atoms with E-state index in [9.17, 15) is 13.2 Å². The number of carbonyl (C=O) groups is 1. The second kappa shape index (κ2) is 10.8. The van der Waals surface area contributed by atoms with Gasteiger partial charge in [0.2, 0.25) is 0 Å². The number of rotatable bonds is 9. The van der Waals surface area contributed by atoms with Gasteiger partial charge in [0.05, 0.1) is 25.3 Å². The normalized spacial score (nSPS) is 14.8. The Labute approximate surface area is 187 Å². The lowest BCUT2D eigenvalue weighted by Gasteiger charge is -2.26. The van der Waals surface area contributed by atoms with Crippen molar-refractivity contribution in [2.45, 2.75) is 11.3 Å². The van der Waals surface area contributed by atoms with Crippen molar-refractivity contribution in [2.24, 2.45) is 0 Å². The van der Waals surface area contributed by atoms with Crippen molar-refractivity contribution in [2.75, 3.05) is 51.2 Å². The minimum absolute atomic E-state index is 0.0323. The lowest BCUT2D eigenvalue weighted by Crippen LogP contribution is -2.38. The number of hydrogen-bond acceptors (Lipinski definition) is 6. The molecule has 0 radical (unpaired) electrons. The van der Waals surface area contributed by atoms with E-state index in [2.05, 4.69) is 14.9 Å². The summed E-state index contributed by atoms with van der Waals surface area (Å²) >= 11 is 6.13. The number of amides is 1. The van der Waals surface area contributed by atoms with Crippen molar-refractivity contribution in [1.82, 2.24) is 10.2 Å². The highest BCUT2D eigenvalue weighted by Crippen LogP contribution is 2.26. The molecule has 1 heterocycles. The van der Waals surface area contributed by atoms with Crippen molar-refractivity contribution in [3.8, 4) is 5.75 Å². The molecule has 0 aliphatic carbocycles. The van der Waals surface area contributed by atoms with Crippen LogP contribution in [0.5, 0.6) is 5.75 Å². The molecule has 1 aliphatic rings. The fraction of sp³-hybridized carbons (Fsp3) is 0.381. The molecule has 2 aromatic carbocycles. The fourth-order valence-corrected chi connectivity index (χ4v) is 4.74. The first-order chi connectivity index (χ1) is 14.9.